The Morgan fingerprint density at radius 3 is 2.74 bits per heavy atom. The molecule has 6 heteroatoms. The van der Waals surface area contributed by atoms with E-state index in [2.05, 4.69) is 20.8 Å². The summed E-state index contributed by atoms with van der Waals surface area (Å²) in [7, 11) is 2.04. The van der Waals surface area contributed by atoms with Crippen LogP contribution in [0.25, 0.3) is 0 Å². The van der Waals surface area contributed by atoms with E-state index in [1.54, 1.807) is 6.07 Å². The molecule has 1 atom stereocenters. The van der Waals surface area contributed by atoms with Crippen molar-refractivity contribution in [1.29, 1.82) is 0 Å². The van der Waals surface area contributed by atoms with Crippen molar-refractivity contribution in [3.8, 4) is 0 Å². The molecule has 1 fully saturated rings. The van der Waals surface area contributed by atoms with Crippen molar-refractivity contribution in [2.75, 3.05) is 31.6 Å². The fraction of sp³-hybridized carbons (Fsp3) is 0.462. The van der Waals surface area contributed by atoms with Crippen LogP contribution in [0.5, 0.6) is 0 Å². The lowest BCUT2D eigenvalue weighted by molar-refractivity contribution is 0.0695. The Hall–Kier alpha value is -1.14. The Morgan fingerprint density at radius 2 is 2.16 bits per heavy atom. The Bertz CT molecular complexity index is 510. The molecule has 0 aromatic heterocycles. The van der Waals surface area contributed by atoms with E-state index >= 15 is 0 Å². The highest BCUT2D eigenvalue weighted by molar-refractivity contribution is 9.10. The molecule has 1 saturated heterocycles. The van der Waals surface area contributed by atoms with E-state index in [0.717, 1.165) is 19.6 Å². The van der Waals surface area contributed by atoms with Crippen LogP contribution < -0.4 is 4.90 Å². The van der Waals surface area contributed by atoms with Crippen LogP contribution in [0, 0.1) is 5.82 Å². The lowest BCUT2D eigenvalue weighted by Gasteiger charge is -2.40. The minimum absolute atomic E-state index is 0.0172. The minimum Gasteiger partial charge on any atom is -0.478 e. The minimum atomic E-state index is -1.14. The summed E-state index contributed by atoms with van der Waals surface area (Å²) in [5.41, 5.74) is 0.403. The van der Waals surface area contributed by atoms with Gasteiger partial charge in [-0.1, -0.05) is 0 Å². The van der Waals surface area contributed by atoms with Gasteiger partial charge in [-0.25, -0.2) is 9.18 Å². The number of hydrogen-bond donors (Lipinski definition) is 1. The van der Waals surface area contributed by atoms with Crippen molar-refractivity contribution in [2.45, 2.75) is 13.0 Å². The maximum atomic E-state index is 14.3. The highest BCUT2D eigenvalue weighted by atomic mass is 79.9. The average Bonchev–Trinajstić information content (AvgIpc) is 2.33. The van der Waals surface area contributed by atoms with E-state index in [-0.39, 0.29) is 16.1 Å². The number of likely N-dealkylation sites (N-methyl/N-ethyl adjacent to an activating group) is 1. The van der Waals surface area contributed by atoms with E-state index in [9.17, 15) is 9.18 Å². The molecule has 0 bridgehead atoms. The van der Waals surface area contributed by atoms with Crippen molar-refractivity contribution in [2.24, 2.45) is 0 Å². The summed E-state index contributed by atoms with van der Waals surface area (Å²) >= 11 is 3.04. The standard InChI is InChI=1S/C13H16BrFN2O2/c1-8-7-16(2)5-6-17(8)10-4-3-9(13(18)19)11(14)12(10)15/h3-4,8H,5-7H2,1-2H3,(H,18,19). The molecule has 0 aliphatic carbocycles. The van der Waals surface area contributed by atoms with Crippen LogP contribution in [0.3, 0.4) is 0 Å². The zero-order valence-corrected chi connectivity index (χ0v) is 12.4. The fourth-order valence-corrected chi connectivity index (χ4v) is 2.93. The van der Waals surface area contributed by atoms with Gasteiger partial charge in [0.15, 0.2) is 5.82 Å². The summed E-state index contributed by atoms with van der Waals surface area (Å²) in [4.78, 5) is 15.1. The van der Waals surface area contributed by atoms with Gasteiger partial charge in [-0.05, 0) is 42.0 Å². The van der Waals surface area contributed by atoms with E-state index in [1.807, 2.05) is 18.9 Å². The molecule has 0 spiro atoms. The van der Waals surface area contributed by atoms with E-state index in [1.165, 1.54) is 6.07 Å². The highest BCUT2D eigenvalue weighted by Gasteiger charge is 2.26. The van der Waals surface area contributed by atoms with E-state index in [0.29, 0.717) is 5.69 Å². The van der Waals surface area contributed by atoms with Crippen molar-refractivity contribution >= 4 is 27.6 Å². The van der Waals surface area contributed by atoms with Crippen molar-refractivity contribution in [3.63, 3.8) is 0 Å². The van der Waals surface area contributed by atoms with Gasteiger partial charge in [-0.3, -0.25) is 0 Å². The van der Waals surface area contributed by atoms with Crippen molar-refractivity contribution < 1.29 is 14.3 Å². The molecular weight excluding hydrogens is 315 g/mol. The van der Waals surface area contributed by atoms with Crippen molar-refractivity contribution in [3.05, 3.63) is 28.0 Å². The molecule has 4 nitrogen and oxygen atoms in total. The normalized spacial score (nSPS) is 20.6. The number of carboxylic acids is 1. The smallest absolute Gasteiger partial charge is 0.336 e. The SMILES string of the molecule is CC1CN(C)CCN1c1ccc(C(=O)O)c(Br)c1F. The molecule has 2 rings (SSSR count). The van der Waals surface area contributed by atoms with Crippen LogP contribution in [0.4, 0.5) is 10.1 Å². The van der Waals surface area contributed by atoms with Gasteiger partial charge in [-0.2, -0.15) is 0 Å². The Morgan fingerprint density at radius 1 is 1.47 bits per heavy atom. The molecule has 19 heavy (non-hydrogen) atoms. The van der Waals surface area contributed by atoms with Gasteiger partial charge >= 0.3 is 5.97 Å². The Kier molecular flexibility index (Phi) is 4.10. The number of aromatic carboxylic acids is 1. The number of carboxylic acid groups (broad SMARTS) is 1. The average molecular weight is 331 g/mol. The number of hydrogen-bond acceptors (Lipinski definition) is 3. The van der Waals surface area contributed by atoms with Crippen molar-refractivity contribution in [1.82, 2.24) is 4.90 Å². The topological polar surface area (TPSA) is 43.8 Å². The Balaban J connectivity index is 2.36. The maximum absolute atomic E-state index is 14.3. The van der Waals surface area contributed by atoms with Gasteiger partial charge in [0.25, 0.3) is 0 Å². The highest BCUT2D eigenvalue weighted by Crippen LogP contribution is 2.31. The third-order valence-corrected chi connectivity index (χ3v) is 4.21. The first-order valence-corrected chi connectivity index (χ1v) is 6.87. The molecule has 0 saturated carbocycles. The second-order valence-corrected chi connectivity index (χ2v) is 5.66. The first kappa shape index (κ1) is 14.3. The molecule has 0 amide bonds. The summed E-state index contributed by atoms with van der Waals surface area (Å²) in [6.45, 7) is 4.49. The molecule has 1 aliphatic heterocycles. The number of carbonyl (C=O) groups is 1. The lowest BCUT2D eigenvalue weighted by atomic mass is 10.1. The van der Waals surface area contributed by atoms with Crippen LogP contribution >= 0.6 is 15.9 Å². The summed E-state index contributed by atoms with van der Waals surface area (Å²) < 4.78 is 14.3. The summed E-state index contributed by atoms with van der Waals surface area (Å²) in [6, 6.07) is 3.18. The first-order valence-electron chi connectivity index (χ1n) is 6.08. The molecule has 1 aromatic rings. The van der Waals surface area contributed by atoms with Gasteiger partial charge in [0, 0.05) is 25.7 Å². The molecule has 1 N–H and O–H groups in total. The van der Waals surface area contributed by atoms with E-state index in [4.69, 9.17) is 5.11 Å². The third kappa shape index (κ3) is 2.74. The molecule has 0 radical (unpaired) electrons. The van der Waals surface area contributed by atoms with Gasteiger partial charge < -0.3 is 14.9 Å². The number of nitrogens with zero attached hydrogens (tertiary/aromatic N) is 2. The molecule has 1 heterocycles. The lowest BCUT2D eigenvalue weighted by Crippen LogP contribution is -2.50. The number of piperazine rings is 1. The summed E-state index contributed by atoms with van der Waals surface area (Å²) in [5, 5.41) is 8.96. The first-order chi connectivity index (χ1) is 8.91. The molecule has 1 aliphatic rings. The number of benzene rings is 1. The van der Waals surface area contributed by atoms with Crippen LogP contribution in [-0.4, -0.2) is 48.7 Å². The molecule has 104 valence electrons. The zero-order chi connectivity index (χ0) is 14.2. The van der Waals surface area contributed by atoms with Gasteiger partial charge in [0.2, 0.25) is 0 Å². The molecule has 1 unspecified atom stereocenters. The monoisotopic (exact) mass is 330 g/mol. The van der Waals surface area contributed by atoms with Crippen LogP contribution in [0.15, 0.2) is 16.6 Å². The Labute approximate surface area is 119 Å². The number of rotatable bonds is 2. The van der Waals surface area contributed by atoms with Gasteiger partial charge in [-0.15, -0.1) is 0 Å². The van der Waals surface area contributed by atoms with Gasteiger partial charge in [0.05, 0.1) is 15.7 Å². The van der Waals surface area contributed by atoms with Gasteiger partial charge in [0.1, 0.15) is 0 Å². The largest absolute Gasteiger partial charge is 0.478 e. The summed E-state index contributed by atoms with van der Waals surface area (Å²) in [5.74, 6) is -1.64. The second kappa shape index (κ2) is 5.46. The van der Waals surface area contributed by atoms with Crippen LogP contribution in [-0.2, 0) is 0 Å². The molecular formula is C13H16BrFN2O2. The maximum Gasteiger partial charge on any atom is 0.336 e. The summed E-state index contributed by atoms with van der Waals surface area (Å²) in [6.07, 6.45) is 0. The predicted octanol–water partition coefficient (Wildman–Crippen LogP) is 2.43. The van der Waals surface area contributed by atoms with Crippen LogP contribution in [0.1, 0.15) is 17.3 Å². The zero-order valence-electron chi connectivity index (χ0n) is 10.9. The predicted molar refractivity (Wildman–Crippen MR) is 75.4 cm³/mol. The van der Waals surface area contributed by atoms with E-state index < -0.39 is 11.8 Å². The molecule has 1 aromatic carbocycles. The van der Waals surface area contributed by atoms with Crippen LogP contribution in [0.2, 0.25) is 0 Å². The second-order valence-electron chi connectivity index (χ2n) is 4.87. The quantitative estimate of drug-likeness (QED) is 0.904. The number of halogens is 2. The fourth-order valence-electron chi connectivity index (χ4n) is 2.42. The third-order valence-electron chi connectivity index (χ3n) is 3.43. The number of anilines is 1.